The second kappa shape index (κ2) is 7.81. The molecule has 10 nitrogen and oxygen atoms in total. The predicted octanol–water partition coefficient (Wildman–Crippen LogP) is 0.702. The smallest absolute Gasteiger partial charge is 0.258 e. The van der Waals surface area contributed by atoms with Crippen LogP contribution in [0.5, 0.6) is 5.75 Å². The predicted molar refractivity (Wildman–Crippen MR) is 118 cm³/mol. The maximum absolute atomic E-state index is 14.1. The zero-order valence-corrected chi connectivity index (χ0v) is 19.1. The van der Waals surface area contributed by atoms with Crippen LogP contribution in [0.25, 0.3) is 0 Å². The van der Waals surface area contributed by atoms with E-state index < -0.39 is 63.8 Å². The molecule has 0 saturated heterocycles. The summed E-state index contributed by atoms with van der Waals surface area (Å²) in [6.45, 7) is 0. The molecule has 11 heteroatoms. The zero-order chi connectivity index (χ0) is 25.3. The Morgan fingerprint density at radius 3 is 2.38 bits per heavy atom. The molecule has 1 aromatic rings. The number of amides is 1. The van der Waals surface area contributed by atoms with Crippen molar-refractivity contribution in [2.45, 2.75) is 24.5 Å². The first-order valence-electron chi connectivity index (χ1n) is 10.7. The van der Waals surface area contributed by atoms with E-state index in [-0.39, 0.29) is 35.2 Å². The Labute approximate surface area is 194 Å². The van der Waals surface area contributed by atoms with Crippen molar-refractivity contribution in [1.82, 2.24) is 10.2 Å². The van der Waals surface area contributed by atoms with Crippen LogP contribution in [0.2, 0.25) is 0 Å². The van der Waals surface area contributed by atoms with E-state index in [0.29, 0.717) is 5.12 Å². The van der Waals surface area contributed by atoms with Gasteiger partial charge in [0.2, 0.25) is 5.78 Å². The van der Waals surface area contributed by atoms with Gasteiger partial charge in [-0.05, 0) is 50.6 Å². The van der Waals surface area contributed by atoms with E-state index in [2.05, 4.69) is 5.32 Å². The molecule has 0 radical (unpaired) electrons. The minimum atomic E-state index is -2.66. The molecule has 34 heavy (non-hydrogen) atoms. The number of ketones is 2. The number of aromatic hydroxyl groups is 1. The molecule has 1 aromatic carbocycles. The number of rotatable bonds is 3. The molecular formula is C23H26FN3O7. The highest BCUT2D eigenvalue weighted by molar-refractivity contribution is 6.25. The van der Waals surface area contributed by atoms with Gasteiger partial charge in [-0.25, -0.2) is 5.12 Å². The molecule has 0 heterocycles. The minimum absolute atomic E-state index is 0.0339. The normalized spacial score (nSPS) is 28.5. The van der Waals surface area contributed by atoms with E-state index in [4.69, 9.17) is 0 Å². The number of phenols is 1. The Hall–Kier alpha value is -3.44. The number of likely N-dealkylation sites (N-methyl/N-ethyl adjacent to an activating group) is 2. The fourth-order valence-electron chi connectivity index (χ4n) is 5.63. The van der Waals surface area contributed by atoms with E-state index in [1.165, 1.54) is 18.0 Å². The van der Waals surface area contributed by atoms with Gasteiger partial charge in [0, 0.05) is 25.6 Å². The van der Waals surface area contributed by atoms with Crippen molar-refractivity contribution in [2.75, 3.05) is 33.3 Å². The van der Waals surface area contributed by atoms with Crippen molar-refractivity contribution >= 4 is 23.2 Å². The van der Waals surface area contributed by atoms with Crippen LogP contribution in [0.3, 0.4) is 0 Å². The Bertz CT molecular complexity index is 1190. The summed E-state index contributed by atoms with van der Waals surface area (Å²) in [6.07, 6.45) is -0.00199. The van der Waals surface area contributed by atoms with Crippen LogP contribution < -0.4 is 10.4 Å². The molecule has 4 rings (SSSR count). The summed E-state index contributed by atoms with van der Waals surface area (Å²) in [5.74, 6) is -6.77. The largest absolute Gasteiger partial charge is 0.510 e. The number of anilines is 1. The number of aliphatic hydroxyl groups excluding tert-OH is 2. The first-order valence-corrected chi connectivity index (χ1v) is 10.7. The van der Waals surface area contributed by atoms with Crippen LogP contribution in [0.4, 0.5) is 10.2 Å². The van der Waals surface area contributed by atoms with Crippen molar-refractivity contribution in [1.29, 1.82) is 0 Å². The van der Waals surface area contributed by atoms with Crippen LogP contribution >= 0.6 is 0 Å². The molecule has 5 N–H and O–H groups in total. The van der Waals surface area contributed by atoms with Gasteiger partial charge in [0.1, 0.15) is 22.8 Å². The van der Waals surface area contributed by atoms with Crippen molar-refractivity contribution in [3.63, 3.8) is 0 Å². The lowest BCUT2D eigenvalue weighted by Gasteiger charge is -2.50. The van der Waals surface area contributed by atoms with Gasteiger partial charge in [0.25, 0.3) is 5.91 Å². The summed E-state index contributed by atoms with van der Waals surface area (Å²) in [4.78, 5) is 40.7. The average molecular weight is 475 g/mol. The van der Waals surface area contributed by atoms with E-state index in [0.717, 1.165) is 13.1 Å². The van der Waals surface area contributed by atoms with Crippen LogP contribution in [-0.4, -0.2) is 82.6 Å². The first kappa shape index (κ1) is 23.7. The Kier molecular flexibility index (Phi) is 5.45. The van der Waals surface area contributed by atoms with Gasteiger partial charge in [-0.3, -0.25) is 19.3 Å². The van der Waals surface area contributed by atoms with Gasteiger partial charge in [-0.1, -0.05) is 0 Å². The zero-order valence-electron chi connectivity index (χ0n) is 19.1. The Balaban J connectivity index is 1.97. The van der Waals surface area contributed by atoms with E-state index >= 15 is 0 Å². The quantitative estimate of drug-likeness (QED) is 0.314. The van der Waals surface area contributed by atoms with E-state index in [9.17, 15) is 39.3 Å². The number of nitrogens with one attached hydrogen (secondary N) is 1. The molecule has 3 aliphatic carbocycles. The number of fused-ring (bicyclic) bond motifs is 3. The number of aliphatic hydroxyl groups is 3. The van der Waals surface area contributed by atoms with Crippen LogP contribution in [-0.2, 0) is 16.0 Å². The molecule has 0 aliphatic heterocycles. The SMILES string of the molecule is CNC(=O)C1=C(O)[C@@H](N(C)C)[C@@H]2C[C@@H]3Cc4c(N(C)F)ccc(O)c4C(=O)C3=C(O)[C@]2(O)C1=O. The minimum Gasteiger partial charge on any atom is -0.510 e. The third-order valence-electron chi connectivity index (χ3n) is 7.12. The molecule has 3 aliphatic rings. The maximum Gasteiger partial charge on any atom is 0.258 e. The molecule has 1 amide bonds. The highest BCUT2D eigenvalue weighted by Gasteiger charge is 2.63. The number of carbonyl (C=O) groups is 3. The van der Waals surface area contributed by atoms with Crippen LogP contribution in [0, 0.1) is 11.8 Å². The summed E-state index contributed by atoms with van der Waals surface area (Å²) < 4.78 is 14.1. The summed E-state index contributed by atoms with van der Waals surface area (Å²) in [6, 6.07) is 1.44. The van der Waals surface area contributed by atoms with Gasteiger partial charge >= 0.3 is 0 Å². The van der Waals surface area contributed by atoms with Gasteiger partial charge in [-0.2, -0.15) is 0 Å². The third-order valence-corrected chi connectivity index (χ3v) is 7.12. The van der Waals surface area contributed by atoms with Crippen molar-refractivity contribution in [3.05, 3.63) is 45.9 Å². The van der Waals surface area contributed by atoms with Crippen LogP contribution in [0.15, 0.2) is 34.8 Å². The molecule has 0 aromatic heterocycles. The lowest BCUT2D eigenvalue weighted by atomic mass is 9.58. The molecule has 0 fully saturated rings. The standard InChI is InChI=1S/C23H26FN3O7/c1-25-22(33)16-19(30)17(26(2)3)11-8-9-7-10-12(27(4)24)5-6-13(28)15(10)18(29)14(9)20(31)23(11,34)21(16)32/h5-6,9,11,17,28,30-31,34H,7-8H2,1-4H3,(H,25,33)/t9-,11-,17-,23-/m0/s1. The molecule has 0 saturated carbocycles. The topological polar surface area (TPSA) is 151 Å². The molecule has 0 spiro atoms. The number of hydrogen-bond donors (Lipinski definition) is 5. The first-order chi connectivity index (χ1) is 15.9. The number of Topliss-reactive ketones (excluding diaryl/α,β-unsaturated/α-hetero) is 2. The van der Waals surface area contributed by atoms with Crippen LogP contribution in [0.1, 0.15) is 22.3 Å². The highest BCUT2D eigenvalue weighted by atomic mass is 19.2. The summed E-state index contributed by atoms with van der Waals surface area (Å²) in [5.41, 5.74) is -3.57. The van der Waals surface area contributed by atoms with Gasteiger partial charge in [0.05, 0.1) is 17.3 Å². The highest BCUT2D eigenvalue weighted by Crippen LogP contribution is 2.53. The van der Waals surface area contributed by atoms with Gasteiger partial charge in [0.15, 0.2) is 11.4 Å². The Morgan fingerprint density at radius 1 is 1.18 bits per heavy atom. The number of allylic oxidation sites excluding steroid dienone is 1. The van der Waals surface area contributed by atoms with E-state index in [1.807, 2.05) is 0 Å². The lowest BCUT2D eigenvalue weighted by molar-refractivity contribution is -0.148. The molecule has 182 valence electrons. The number of benzene rings is 1. The fourth-order valence-corrected chi connectivity index (χ4v) is 5.63. The maximum atomic E-state index is 14.1. The second-order valence-corrected chi connectivity index (χ2v) is 9.11. The lowest BCUT2D eigenvalue weighted by Crippen LogP contribution is -2.63. The van der Waals surface area contributed by atoms with Gasteiger partial charge in [-0.15, -0.1) is 4.48 Å². The number of phenolic OH excluding ortho intramolecular Hbond substituents is 1. The van der Waals surface area contributed by atoms with Gasteiger partial charge < -0.3 is 25.7 Å². The number of hydrogen-bond acceptors (Lipinski definition) is 9. The third kappa shape index (κ3) is 2.96. The molecular weight excluding hydrogens is 449 g/mol. The summed E-state index contributed by atoms with van der Waals surface area (Å²) >= 11 is 0. The second-order valence-electron chi connectivity index (χ2n) is 9.11. The fraction of sp³-hybridized carbons (Fsp3) is 0.435. The number of nitrogens with zero attached hydrogens (tertiary/aromatic N) is 2. The van der Waals surface area contributed by atoms with Crippen molar-refractivity contribution in [2.24, 2.45) is 11.8 Å². The van der Waals surface area contributed by atoms with Crippen molar-refractivity contribution in [3.8, 4) is 5.75 Å². The molecule has 0 unspecified atom stereocenters. The number of carbonyl (C=O) groups excluding carboxylic acids is 3. The summed E-state index contributed by atoms with van der Waals surface area (Å²) in [7, 11) is 5.54. The molecule has 4 atom stereocenters. The monoisotopic (exact) mass is 475 g/mol. The average Bonchev–Trinajstić information content (AvgIpc) is 2.75. The molecule has 0 bridgehead atoms. The Morgan fingerprint density at radius 2 is 1.82 bits per heavy atom. The van der Waals surface area contributed by atoms with Crippen molar-refractivity contribution < 1.29 is 39.3 Å². The summed E-state index contributed by atoms with van der Waals surface area (Å²) in [5, 5.41) is 46.6. The van der Waals surface area contributed by atoms with E-state index in [1.54, 1.807) is 14.1 Å². The number of halogens is 1.